The molecule has 0 bridgehead atoms. The van der Waals surface area contributed by atoms with Gasteiger partial charge in [-0.25, -0.2) is 8.78 Å². The molecule has 0 aliphatic heterocycles. The minimum absolute atomic E-state index is 0.283. The standard InChI is InChI=1S/C17H17F2NO2/c1-4-17(15-6-5-11(18)7-16(15)19)20-12-8-13(21-2)10-14(9-12)22-3/h5-10H,4H2,1-3H3. The Balaban J connectivity index is 2.48. The molecule has 3 nitrogen and oxygen atoms in total. The fourth-order valence-corrected chi connectivity index (χ4v) is 2.07. The third-order valence-corrected chi connectivity index (χ3v) is 3.18. The highest BCUT2D eigenvalue weighted by molar-refractivity contribution is 6.02. The summed E-state index contributed by atoms with van der Waals surface area (Å²) in [5, 5.41) is 0. The molecule has 2 aromatic carbocycles. The van der Waals surface area contributed by atoms with E-state index in [-0.39, 0.29) is 5.56 Å². The molecule has 0 fully saturated rings. The van der Waals surface area contributed by atoms with Crippen molar-refractivity contribution < 1.29 is 18.3 Å². The molecule has 0 aliphatic carbocycles. The highest BCUT2D eigenvalue weighted by Gasteiger charge is 2.10. The zero-order chi connectivity index (χ0) is 16.1. The van der Waals surface area contributed by atoms with Crippen LogP contribution in [0.4, 0.5) is 14.5 Å². The van der Waals surface area contributed by atoms with Crippen LogP contribution < -0.4 is 9.47 Å². The van der Waals surface area contributed by atoms with Gasteiger partial charge in [-0.2, -0.15) is 0 Å². The van der Waals surface area contributed by atoms with Crippen molar-refractivity contribution in [3.63, 3.8) is 0 Å². The lowest BCUT2D eigenvalue weighted by molar-refractivity contribution is 0.394. The summed E-state index contributed by atoms with van der Waals surface area (Å²) in [7, 11) is 3.09. The number of hydrogen-bond donors (Lipinski definition) is 0. The summed E-state index contributed by atoms with van der Waals surface area (Å²) in [6.45, 7) is 1.86. The van der Waals surface area contributed by atoms with E-state index in [2.05, 4.69) is 4.99 Å². The predicted molar refractivity (Wildman–Crippen MR) is 82.4 cm³/mol. The normalized spacial score (nSPS) is 11.4. The number of hydrogen-bond acceptors (Lipinski definition) is 3. The molecule has 0 aliphatic rings. The van der Waals surface area contributed by atoms with E-state index in [9.17, 15) is 8.78 Å². The van der Waals surface area contributed by atoms with Crippen LogP contribution in [0.15, 0.2) is 41.4 Å². The molecule has 0 radical (unpaired) electrons. The van der Waals surface area contributed by atoms with Crippen LogP contribution in [-0.4, -0.2) is 19.9 Å². The largest absolute Gasteiger partial charge is 0.497 e. The Bertz CT molecular complexity index is 677. The first-order chi connectivity index (χ1) is 10.6. The Morgan fingerprint density at radius 3 is 2.14 bits per heavy atom. The average molecular weight is 305 g/mol. The summed E-state index contributed by atoms with van der Waals surface area (Å²) in [5.74, 6) is -0.0588. The van der Waals surface area contributed by atoms with Gasteiger partial charge in [0.05, 0.1) is 25.6 Å². The predicted octanol–water partition coefficient (Wildman–Crippen LogP) is 4.51. The van der Waals surface area contributed by atoms with Crippen molar-refractivity contribution in [2.75, 3.05) is 14.2 Å². The first-order valence-electron chi connectivity index (χ1n) is 6.83. The van der Waals surface area contributed by atoms with Gasteiger partial charge in [-0.3, -0.25) is 4.99 Å². The van der Waals surface area contributed by atoms with E-state index in [1.807, 2.05) is 6.92 Å². The van der Waals surface area contributed by atoms with Crippen LogP contribution in [0.5, 0.6) is 11.5 Å². The Kier molecular flexibility index (Phi) is 5.09. The molecule has 2 aromatic rings. The molecule has 5 heteroatoms. The number of ether oxygens (including phenoxy) is 2. The molecular formula is C17H17F2NO2. The molecule has 0 atom stereocenters. The van der Waals surface area contributed by atoms with Gasteiger partial charge in [-0.15, -0.1) is 0 Å². The van der Waals surface area contributed by atoms with Crippen molar-refractivity contribution in [1.29, 1.82) is 0 Å². The summed E-state index contributed by atoms with van der Waals surface area (Å²) in [6.07, 6.45) is 0.502. The van der Waals surface area contributed by atoms with Crippen LogP contribution >= 0.6 is 0 Å². The Morgan fingerprint density at radius 1 is 1.00 bits per heavy atom. The van der Waals surface area contributed by atoms with Crippen LogP contribution in [0.25, 0.3) is 0 Å². The van der Waals surface area contributed by atoms with Crippen LogP contribution in [-0.2, 0) is 0 Å². The Hall–Kier alpha value is -2.43. The lowest BCUT2D eigenvalue weighted by Gasteiger charge is -2.09. The van der Waals surface area contributed by atoms with Crippen LogP contribution in [0.3, 0.4) is 0 Å². The maximum atomic E-state index is 13.9. The minimum atomic E-state index is -0.629. The summed E-state index contributed by atoms with van der Waals surface area (Å²) in [4.78, 5) is 4.45. The second kappa shape index (κ2) is 7.02. The molecule has 2 rings (SSSR count). The lowest BCUT2D eigenvalue weighted by atomic mass is 10.1. The van der Waals surface area contributed by atoms with E-state index in [0.717, 1.165) is 6.07 Å². The fraction of sp³-hybridized carbons (Fsp3) is 0.235. The van der Waals surface area contributed by atoms with Gasteiger partial charge in [0.15, 0.2) is 0 Å². The van der Waals surface area contributed by atoms with Gasteiger partial charge in [0.1, 0.15) is 23.1 Å². The van der Waals surface area contributed by atoms with E-state index in [1.165, 1.54) is 12.1 Å². The van der Waals surface area contributed by atoms with E-state index < -0.39 is 11.6 Å². The quantitative estimate of drug-likeness (QED) is 0.761. The van der Waals surface area contributed by atoms with E-state index >= 15 is 0 Å². The van der Waals surface area contributed by atoms with Gasteiger partial charge in [-0.05, 0) is 18.6 Å². The monoisotopic (exact) mass is 305 g/mol. The zero-order valence-electron chi connectivity index (χ0n) is 12.7. The molecule has 0 N–H and O–H groups in total. The average Bonchev–Trinajstić information content (AvgIpc) is 2.52. The number of rotatable bonds is 5. The van der Waals surface area contributed by atoms with Crippen molar-refractivity contribution in [2.24, 2.45) is 4.99 Å². The molecule has 0 amide bonds. The summed E-state index contributed by atoms with van der Waals surface area (Å²) in [5.41, 5.74) is 1.38. The third kappa shape index (κ3) is 3.61. The maximum Gasteiger partial charge on any atom is 0.135 e. The van der Waals surface area contributed by atoms with Crippen LogP contribution in [0.1, 0.15) is 18.9 Å². The topological polar surface area (TPSA) is 30.8 Å². The van der Waals surface area contributed by atoms with Gasteiger partial charge < -0.3 is 9.47 Å². The SMILES string of the molecule is CCC(=Nc1cc(OC)cc(OC)c1)c1ccc(F)cc1F. The number of nitrogens with zero attached hydrogens (tertiary/aromatic N) is 1. The van der Waals surface area contributed by atoms with Crippen molar-refractivity contribution in [3.05, 3.63) is 53.6 Å². The van der Waals surface area contributed by atoms with Gasteiger partial charge in [0.2, 0.25) is 0 Å². The first kappa shape index (κ1) is 15.9. The smallest absolute Gasteiger partial charge is 0.135 e. The summed E-state index contributed by atoms with van der Waals surface area (Å²) >= 11 is 0. The highest BCUT2D eigenvalue weighted by Crippen LogP contribution is 2.28. The molecule has 22 heavy (non-hydrogen) atoms. The molecule has 0 saturated heterocycles. The van der Waals surface area contributed by atoms with Crippen molar-refractivity contribution in [3.8, 4) is 11.5 Å². The molecule has 0 unspecified atom stereocenters. The number of halogens is 2. The Labute approximate surface area is 128 Å². The number of aliphatic imine (C=N–C) groups is 1. The summed E-state index contributed by atoms with van der Waals surface area (Å²) in [6, 6.07) is 8.63. The summed E-state index contributed by atoms with van der Waals surface area (Å²) < 4.78 is 37.3. The first-order valence-corrected chi connectivity index (χ1v) is 6.83. The highest BCUT2D eigenvalue weighted by atomic mass is 19.1. The van der Waals surface area contributed by atoms with E-state index in [4.69, 9.17) is 9.47 Å². The molecular weight excluding hydrogens is 288 g/mol. The van der Waals surface area contributed by atoms with Gasteiger partial charge in [0, 0.05) is 29.8 Å². The van der Waals surface area contributed by atoms with Crippen molar-refractivity contribution in [1.82, 2.24) is 0 Å². The second-order valence-electron chi connectivity index (χ2n) is 4.61. The number of methoxy groups -OCH3 is 2. The van der Waals surface area contributed by atoms with Crippen molar-refractivity contribution >= 4 is 11.4 Å². The van der Waals surface area contributed by atoms with Gasteiger partial charge in [-0.1, -0.05) is 6.92 Å². The zero-order valence-corrected chi connectivity index (χ0v) is 12.7. The Morgan fingerprint density at radius 2 is 1.64 bits per heavy atom. The van der Waals surface area contributed by atoms with Crippen LogP contribution in [0.2, 0.25) is 0 Å². The van der Waals surface area contributed by atoms with Crippen LogP contribution in [0, 0.1) is 11.6 Å². The fourth-order valence-electron chi connectivity index (χ4n) is 2.07. The van der Waals surface area contributed by atoms with Gasteiger partial charge >= 0.3 is 0 Å². The van der Waals surface area contributed by atoms with Crippen molar-refractivity contribution in [2.45, 2.75) is 13.3 Å². The lowest BCUT2D eigenvalue weighted by Crippen LogP contribution is -2.02. The minimum Gasteiger partial charge on any atom is -0.497 e. The number of benzene rings is 2. The maximum absolute atomic E-state index is 13.9. The van der Waals surface area contributed by atoms with Gasteiger partial charge in [0.25, 0.3) is 0 Å². The molecule has 0 heterocycles. The third-order valence-electron chi connectivity index (χ3n) is 3.18. The van der Waals surface area contributed by atoms with E-state index in [0.29, 0.717) is 29.3 Å². The molecule has 116 valence electrons. The molecule has 0 saturated carbocycles. The second-order valence-corrected chi connectivity index (χ2v) is 4.61. The molecule has 0 spiro atoms. The molecule has 0 aromatic heterocycles. The van der Waals surface area contributed by atoms with E-state index in [1.54, 1.807) is 32.4 Å².